The smallest absolute Gasteiger partial charge is 0.462 e. The number of hydrogen-bond donors (Lipinski definition) is 3. The van der Waals surface area contributed by atoms with Crippen LogP contribution in [0.15, 0.2) is 0 Å². The highest BCUT2D eigenvalue weighted by Gasteiger charge is 2.30. The first kappa shape index (κ1) is 89.1. The molecule has 0 radical (unpaired) electrons. The van der Waals surface area contributed by atoms with Crippen LogP contribution in [0.4, 0.5) is 0 Å². The highest BCUT2D eigenvalue weighted by Crippen LogP contribution is 2.45. The maximum atomic E-state index is 13.0. The molecule has 0 aliphatic heterocycles. The summed E-state index contributed by atoms with van der Waals surface area (Å²) in [5.41, 5.74) is 0. The van der Waals surface area contributed by atoms with E-state index in [4.69, 9.17) is 37.0 Å². The van der Waals surface area contributed by atoms with E-state index in [1.54, 1.807) is 0 Å². The van der Waals surface area contributed by atoms with E-state index in [-0.39, 0.29) is 25.7 Å². The average Bonchev–Trinajstić information content (AvgIpc) is 3.56. The minimum atomic E-state index is -4.95. The van der Waals surface area contributed by atoms with Crippen molar-refractivity contribution in [1.82, 2.24) is 0 Å². The Morgan fingerprint density at radius 1 is 0.319 bits per heavy atom. The third-order valence-electron chi connectivity index (χ3n) is 17.0. The van der Waals surface area contributed by atoms with Gasteiger partial charge in [-0.25, -0.2) is 9.13 Å². The molecule has 0 amide bonds. The lowest BCUT2D eigenvalue weighted by Gasteiger charge is -2.21. The van der Waals surface area contributed by atoms with Crippen molar-refractivity contribution in [3.63, 3.8) is 0 Å². The lowest BCUT2D eigenvalue weighted by atomic mass is 10.00. The minimum Gasteiger partial charge on any atom is -0.462 e. The largest absolute Gasteiger partial charge is 0.472 e. The molecule has 6 atom stereocenters. The van der Waals surface area contributed by atoms with E-state index in [0.29, 0.717) is 25.7 Å². The average molecular weight is 1340 g/mol. The predicted molar refractivity (Wildman–Crippen MR) is 368 cm³/mol. The Bertz CT molecular complexity index is 1790. The third kappa shape index (κ3) is 65.1. The van der Waals surface area contributed by atoms with Crippen molar-refractivity contribution >= 4 is 39.5 Å². The molecule has 0 bridgehead atoms. The van der Waals surface area contributed by atoms with E-state index in [1.807, 2.05) is 0 Å². The van der Waals surface area contributed by atoms with Gasteiger partial charge < -0.3 is 33.8 Å². The van der Waals surface area contributed by atoms with Gasteiger partial charge in [-0.05, 0) is 43.4 Å². The van der Waals surface area contributed by atoms with Gasteiger partial charge >= 0.3 is 39.5 Å². The fourth-order valence-corrected chi connectivity index (χ4v) is 12.4. The number of carbonyl (C=O) groups is 4. The zero-order valence-electron chi connectivity index (χ0n) is 59.3. The predicted octanol–water partition coefficient (Wildman–Crippen LogP) is 20.6. The van der Waals surface area contributed by atoms with Gasteiger partial charge in [0, 0.05) is 25.7 Å². The molecule has 0 saturated heterocycles. The number of aliphatic hydroxyl groups excluding tert-OH is 1. The Hall–Kier alpha value is -1.94. The topological polar surface area (TPSA) is 237 Å². The van der Waals surface area contributed by atoms with Crippen LogP contribution in [-0.2, 0) is 65.4 Å². The molecule has 0 heterocycles. The van der Waals surface area contributed by atoms with Crippen LogP contribution in [0.2, 0.25) is 0 Å². The molecule has 0 aromatic heterocycles. The van der Waals surface area contributed by atoms with Crippen LogP contribution in [0.25, 0.3) is 0 Å². The molecule has 0 fully saturated rings. The van der Waals surface area contributed by atoms with Gasteiger partial charge in [0.05, 0.1) is 26.4 Å². The second-order valence-electron chi connectivity index (χ2n) is 27.2. The molecule has 91 heavy (non-hydrogen) atoms. The fourth-order valence-electron chi connectivity index (χ4n) is 10.9. The van der Waals surface area contributed by atoms with E-state index < -0.39 is 97.5 Å². The van der Waals surface area contributed by atoms with Gasteiger partial charge in [-0.15, -0.1) is 0 Å². The van der Waals surface area contributed by atoms with E-state index >= 15 is 0 Å². The van der Waals surface area contributed by atoms with Crippen molar-refractivity contribution in [3.05, 3.63) is 0 Å². The lowest BCUT2D eigenvalue weighted by molar-refractivity contribution is -0.161. The van der Waals surface area contributed by atoms with Crippen molar-refractivity contribution in [3.8, 4) is 0 Å². The standard InChI is InChI=1S/C72H140O17P2/c1-8-10-11-12-13-14-15-16-17-18-19-20-21-26-32-41-48-55-71(76)88-67(59-82-69(74)53-46-39-31-25-23-22-24-29-36-43-50-63(3)4)61-86-90(78,79)84-57-66(73)58-85-91(80,81)87-62-68(60-83-70(75)54-47-40-35-34-38-45-52-65(7)9-2)89-72(77)56-49-42-33-28-27-30-37-44-51-64(5)6/h63-68,73H,8-62H2,1-7H3,(H,78,79)(H,80,81)/t65?,66-,67-,68-/m1/s1. The van der Waals surface area contributed by atoms with Gasteiger partial charge in [-0.2, -0.15) is 0 Å². The molecule has 0 aliphatic carbocycles. The summed E-state index contributed by atoms with van der Waals surface area (Å²) in [4.78, 5) is 72.6. The first-order valence-electron chi connectivity index (χ1n) is 37.4. The van der Waals surface area contributed by atoms with Crippen molar-refractivity contribution in [2.24, 2.45) is 17.8 Å². The normalized spacial score (nSPS) is 14.5. The molecular formula is C72H140O17P2. The number of phosphoric acid groups is 2. The summed E-state index contributed by atoms with van der Waals surface area (Å²) in [6, 6.07) is 0. The quantitative estimate of drug-likeness (QED) is 0.0222. The number of ether oxygens (including phenoxy) is 4. The van der Waals surface area contributed by atoms with E-state index in [0.717, 1.165) is 114 Å². The number of unbranched alkanes of at least 4 members (excludes halogenated alkanes) is 37. The number of rotatable bonds is 70. The molecule has 0 aromatic rings. The van der Waals surface area contributed by atoms with E-state index in [9.17, 15) is 43.2 Å². The summed E-state index contributed by atoms with van der Waals surface area (Å²) < 4.78 is 68.3. The Kier molecular flexibility index (Phi) is 61.5. The minimum absolute atomic E-state index is 0.103. The fraction of sp³-hybridized carbons (Fsp3) is 0.944. The van der Waals surface area contributed by atoms with Gasteiger partial charge in [-0.1, -0.05) is 312 Å². The van der Waals surface area contributed by atoms with Crippen LogP contribution in [0.3, 0.4) is 0 Å². The zero-order valence-corrected chi connectivity index (χ0v) is 61.1. The molecule has 0 rings (SSSR count). The summed E-state index contributed by atoms with van der Waals surface area (Å²) in [6.07, 6.45) is 47.3. The molecule has 0 spiro atoms. The van der Waals surface area contributed by atoms with Crippen molar-refractivity contribution in [2.75, 3.05) is 39.6 Å². The van der Waals surface area contributed by atoms with Crippen LogP contribution in [0.5, 0.6) is 0 Å². The van der Waals surface area contributed by atoms with Crippen LogP contribution >= 0.6 is 15.6 Å². The van der Waals surface area contributed by atoms with Gasteiger partial charge in [0.15, 0.2) is 12.2 Å². The number of hydrogen-bond acceptors (Lipinski definition) is 15. The van der Waals surface area contributed by atoms with Crippen LogP contribution in [-0.4, -0.2) is 96.7 Å². The zero-order chi connectivity index (χ0) is 67.3. The van der Waals surface area contributed by atoms with Gasteiger partial charge in [0.2, 0.25) is 0 Å². The second-order valence-corrected chi connectivity index (χ2v) is 30.1. The summed E-state index contributed by atoms with van der Waals surface area (Å²) >= 11 is 0. The Labute approximate surface area is 556 Å². The number of esters is 4. The summed E-state index contributed by atoms with van der Waals surface area (Å²) in [6.45, 7) is 11.8. The highest BCUT2D eigenvalue weighted by atomic mass is 31.2. The maximum Gasteiger partial charge on any atom is 0.472 e. The number of aliphatic hydroxyl groups is 1. The van der Waals surface area contributed by atoms with Crippen molar-refractivity contribution < 1.29 is 80.2 Å². The Morgan fingerprint density at radius 2 is 0.560 bits per heavy atom. The molecule has 0 aromatic carbocycles. The Balaban J connectivity index is 5.25. The third-order valence-corrected chi connectivity index (χ3v) is 18.9. The molecule has 3 N–H and O–H groups in total. The first-order chi connectivity index (χ1) is 43.8. The maximum absolute atomic E-state index is 13.0. The molecule has 540 valence electrons. The highest BCUT2D eigenvalue weighted by molar-refractivity contribution is 7.47. The molecule has 3 unspecified atom stereocenters. The SMILES string of the molecule is CCCCCCCCCCCCCCCCCCCC(=O)O[C@H](COC(=O)CCCCCCCCCCCCC(C)C)COP(=O)(O)OC[C@@H](O)COP(=O)(O)OC[C@@H](COC(=O)CCCCCCCCC(C)CC)OC(=O)CCCCCCCCCCC(C)C. The number of carbonyl (C=O) groups excluding carboxylic acids is 4. The van der Waals surface area contributed by atoms with Gasteiger partial charge in [0.1, 0.15) is 19.3 Å². The van der Waals surface area contributed by atoms with Gasteiger partial charge in [0.25, 0.3) is 0 Å². The van der Waals surface area contributed by atoms with E-state index in [1.165, 1.54) is 167 Å². The molecule has 19 heteroatoms. The summed E-state index contributed by atoms with van der Waals surface area (Å²) in [5.74, 6) is 0.0819. The molecule has 0 aliphatic rings. The molecule has 17 nitrogen and oxygen atoms in total. The van der Waals surface area contributed by atoms with Gasteiger partial charge in [-0.3, -0.25) is 37.3 Å². The summed E-state index contributed by atoms with van der Waals surface area (Å²) in [7, 11) is -9.90. The Morgan fingerprint density at radius 3 is 0.835 bits per heavy atom. The number of phosphoric ester groups is 2. The van der Waals surface area contributed by atoms with Crippen molar-refractivity contribution in [1.29, 1.82) is 0 Å². The van der Waals surface area contributed by atoms with Crippen LogP contribution in [0, 0.1) is 17.8 Å². The lowest BCUT2D eigenvalue weighted by Crippen LogP contribution is -2.30. The first-order valence-corrected chi connectivity index (χ1v) is 40.4. The molecular weight excluding hydrogens is 1200 g/mol. The van der Waals surface area contributed by atoms with Crippen LogP contribution in [0.1, 0.15) is 363 Å². The van der Waals surface area contributed by atoms with Crippen molar-refractivity contribution in [2.45, 2.75) is 381 Å². The van der Waals surface area contributed by atoms with E-state index in [2.05, 4.69) is 48.5 Å². The van der Waals surface area contributed by atoms with Crippen LogP contribution < -0.4 is 0 Å². The monoisotopic (exact) mass is 1340 g/mol. The molecule has 0 saturated carbocycles. The summed E-state index contributed by atoms with van der Waals surface area (Å²) in [5, 5.41) is 10.6. The second kappa shape index (κ2) is 62.8.